The summed E-state index contributed by atoms with van der Waals surface area (Å²) in [7, 11) is 0. The molecule has 2 aromatic rings. The second kappa shape index (κ2) is 4.69. The normalized spacial score (nSPS) is 10.3. The number of anilines is 1. The highest BCUT2D eigenvalue weighted by Crippen LogP contribution is 2.31. The van der Waals surface area contributed by atoms with Gasteiger partial charge in [-0.05, 0) is 19.1 Å². The number of nitro groups is 1. The number of hydrogen-bond donors (Lipinski definition) is 1. The predicted octanol–water partition coefficient (Wildman–Crippen LogP) is 2.70. The first-order valence-electron chi connectivity index (χ1n) is 5.03. The van der Waals surface area contributed by atoms with Crippen molar-refractivity contribution < 1.29 is 4.92 Å². The van der Waals surface area contributed by atoms with Crippen LogP contribution in [0.5, 0.6) is 0 Å². The third-order valence-corrected chi connectivity index (χ3v) is 2.90. The second-order valence-electron chi connectivity index (χ2n) is 3.63. The molecule has 0 unspecified atom stereocenters. The highest BCUT2D eigenvalue weighted by Gasteiger charge is 2.22. The van der Waals surface area contributed by atoms with Gasteiger partial charge in [-0.15, -0.1) is 0 Å². The Hall–Kier alpha value is -2.02. The molecule has 7 heteroatoms. The summed E-state index contributed by atoms with van der Waals surface area (Å²) in [6.45, 7) is 1.54. The lowest BCUT2D eigenvalue weighted by molar-refractivity contribution is -0.385. The fraction of sp³-hybridized carbons (Fsp3) is 0.0909. The molecule has 0 saturated carbocycles. The van der Waals surface area contributed by atoms with E-state index in [9.17, 15) is 10.1 Å². The smallest absolute Gasteiger partial charge is 0.316 e. The van der Waals surface area contributed by atoms with Crippen molar-refractivity contribution in [3.8, 4) is 11.3 Å². The average molecular weight is 309 g/mol. The van der Waals surface area contributed by atoms with E-state index in [4.69, 9.17) is 5.73 Å². The van der Waals surface area contributed by atoms with Gasteiger partial charge in [0.2, 0.25) is 5.95 Å². The molecule has 92 valence electrons. The Balaban J connectivity index is 2.69. The van der Waals surface area contributed by atoms with Gasteiger partial charge in [-0.25, -0.2) is 9.97 Å². The van der Waals surface area contributed by atoms with Crippen molar-refractivity contribution in [3.05, 3.63) is 44.5 Å². The first-order valence-corrected chi connectivity index (χ1v) is 5.83. The summed E-state index contributed by atoms with van der Waals surface area (Å²) in [6, 6.07) is 7.04. The van der Waals surface area contributed by atoms with Crippen LogP contribution in [-0.4, -0.2) is 14.9 Å². The van der Waals surface area contributed by atoms with E-state index in [0.717, 1.165) is 4.47 Å². The molecule has 0 spiro atoms. The Morgan fingerprint density at radius 2 is 1.89 bits per heavy atom. The van der Waals surface area contributed by atoms with Crippen molar-refractivity contribution in [1.29, 1.82) is 0 Å². The quantitative estimate of drug-likeness (QED) is 0.680. The minimum Gasteiger partial charge on any atom is -0.368 e. The molecule has 0 saturated heterocycles. The van der Waals surface area contributed by atoms with Gasteiger partial charge >= 0.3 is 5.69 Å². The van der Waals surface area contributed by atoms with Crippen LogP contribution in [0.3, 0.4) is 0 Å². The maximum atomic E-state index is 11.1. The first-order chi connectivity index (χ1) is 8.49. The molecule has 0 amide bonds. The van der Waals surface area contributed by atoms with Gasteiger partial charge in [-0.2, -0.15) is 0 Å². The molecule has 0 aliphatic carbocycles. The fourth-order valence-corrected chi connectivity index (χ4v) is 1.88. The molecular formula is C11H9BrN4O2. The van der Waals surface area contributed by atoms with Crippen molar-refractivity contribution in [2.45, 2.75) is 6.92 Å². The van der Waals surface area contributed by atoms with Crippen LogP contribution >= 0.6 is 15.9 Å². The van der Waals surface area contributed by atoms with Gasteiger partial charge in [0, 0.05) is 10.0 Å². The van der Waals surface area contributed by atoms with E-state index in [1.54, 1.807) is 31.2 Å². The monoisotopic (exact) mass is 308 g/mol. The Kier molecular flexibility index (Phi) is 3.24. The van der Waals surface area contributed by atoms with Crippen LogP contribution in [0.25, 0.3) is 11.3 Å². The van der Waals surface area contributed by atoms with Crippen LogP contribution in [0.1, 0.15) is 5.69 Å². The molecule has 0 fully saturated rings. The Bertz CT molecular complexity index is 613. The lowest BCUT2D eigenvalue weighted by Gasteiger charge is -2.05. The Labute approximate surface area is 111 Å². The molecule has 0 atom stereocenters. The lowest BCUT2D eigenvalue weighted by Crippen LogP contribution is -2.04. The maximum Gasteiger partial charge on any atom is 0.316 e. The summed E-state index contributed by atoms with van der Waals surface area (Å²) in [4.78, 5) is 18.4. The molecule has 0 radical (unpaired) electrons. The number of hydrogen-bond acceptors (Lipinski definition) is 5. The Morgan fingerprint density at radius 3 is 2.44 bits per heavy atom. The molecule has 2 rings (SSSR count). The van der Waals surface area contributed by atoms with Crippen LogP contribution < -0.4 is 5.73 Å². The van der Waals surface area contributed by atoms with Gasteiger partial charge < -0.3 is 5.73 Å². The van der Waals surface area contributed by atoms with Gasteiger partial charge in [0.25, 0.3) is 0 Å². The number of halogens is 1. The van der Waals surface area contributed by atoms with Crippen LogP contribution in [0, 0.1) is 17.0 Å². The van der Waals surface area contributed by atoms with Gasteiger partial charge in [0.15, 0.2) is 5.69 Å². The summed E-state index contributed by atoms with van der Waals surface area (Å²) in [5.74, 6) is 0.0241. The zero-order valence-electron chi connectivity index (χ0n) is 9.42. The lowest BCUT2D eigenvalue weighted by atomic mass is 10.1. The zero-order chi connectivity index (χ0) is 13.3. The van der Waals surface area contributed by atoms with E-state index in [1.165, 1.54) is 0 Å². The molecule has 2 N–H and O–H groups in total. The zero-order valence-corrected chi connectivity index (χ0v) is 11.0. The minimum absolute atomic E-state index is 0.0241. The number of rotatable bonds is 2. The molecular weight excluding hydrogens is 300 g/mol. The summed E-state index contributed by atoms with van der Waals surface area (Å²) < 4.78 is 0.882. The first kappa shape index (κ1) is 12.4. The predicted molar refractivity (Wildman–Crippen MR) is 71.0 cm³/mol. The van der Waals surface area contributed by atoms with E-state index < -0.39 is 4.92 Å². The van der Waals surface area contributed by atoms with Crippen molar-refractivity contribution in [1.82, 2.24) is 9.97 Å². The molecule has 0 aliphatic heterocycles. The topological polar surface area (TPSA) is 94.9 Å². The van der Waals surface area contributed by atoms with Crippen LogP contribution in [0.15, 0.2) is 28.7 Å². The summed E-state index contributed by atoms with van der Waals surface area (Å²) in [5, 5.41) is 11.1. The fourth-order valence-electron chi connectivity index (χ4n) is 1.62. The highest BCUT2D eigenvalue weighted by atomic mass is 79.9. The van der Waals surface area contributed by atoms with E-state index >= 15 is 0 Å². The summed E-state index contributed by atoms with van der Waals surface area (Å²) in [5.41, 5.74) is 6.54. The molecule has 1 aromatic carbocycles. The number of nitrogens with zero attached hydrogens (tertiary/aromatic N) is 3. The van der Waals surface area contributed by atoms with Crippen molar-refractivity contribution in [3.63, 3.8) is 0 Å². The van der Waals surface area contributed by atoms with E-state index in [0.29, 0.717) is 5.56 Å². The third-order valence-electron chi connectivity index (χ3n) is 2.38. The van der Waals surface area contributed by atoms with E-state index in [2.05, 4.69) is 25.9 Å². The summed E-state index contributed by atoms with van der Waals surface area (Å²) in [6.07, 6.45) is 0. The number of nitrogen functional groups attached to an aromatic ring is 1. The van der Waals surface area contributed by atoms with Gasteiger partial charge in [-0.1, -0.05) is 28.1 Å². The minimum atomic E-state index is -0.494. The third kappa shape index (κ3) is 2.30. The van der Waals surface area contributed by atoms with E-state index in [-0.39, 0.29) is 23.0 Å². The molecule has 18 heavy (non-hydrogen) atoms. The SMILES string of the molecule is Cc1nc(N)nc(-c2ccc(Br)cc2)c1[N+](=O)[O-]. The Morgan fingerprint density at radius 1 is 1.28 bits per heavy atom. The van der Waals surface area contributed by atoms with Crippen LogP contribution in [-0.2, 0) is 0 Å². The number of aryl methyl sites for hydroxylation is 1. The largest absolute Gasteiger partial charge is 0.368 e. The van der Waals surface area contributed by atoms with Crippen molar-refractivity contribution in [2.75, 3.05) is 5.73 Å². The molecule has 1 heterocycles. The summed E-state index contributed by atoms with van der Waals surface area (Å²) >= 11 is 3.30. The molecule has 0 aliphatic rings. The number of benzene rings is 1. The molecule has 6 nitrogen and oxygen atoms in total. The molecule has 0 bridgehead atoms. The van der Waals surface area contributed by atoms with Gasteiger partial charge in [0.05, 0.1) is 4.92 Å². The van der Waals surface area contributed by atoms with Crippen molar-refractivity contribution in [2.24, 2.45) is 0 Å². The number of nitrogens with two attached hydrogens (primary N) is 1. The van der Waals surface area contributed by atoms with Gasteiger partial charge in [0.1, 0.15) is 5.69 Å². The average Bonchev–Trinajstić information content (AvgIpc) is 2.28. The second-order valence-corrected chi connectivity index (χ2v) is 4.54. The number of aromatic nitrogens is 2. The molecule has 1 aromatic heterocycles. The maximum absolute atomic E-state index is 11.1. The highest BCUT2D eigenvalue weighted by molar-refractivity contribution is 9.10. The van der Waals surface area contributed by atoms with Gasteiger partial charge in [-0.3, -0.25) is 10.1 Å². The van der Waals surface area contributed by atoms with Crippen molar-refractivity contribution >= 4 is 27.6 Å². The standard InChI is InChI=1S/C11H9BrN4O2/c1-6-10(16(17)18)9(15-11(13)14-6)7-2-4-8(12)5-3-7/h2-5H,1H3,(H2,13,14,15). The van der Waals surface area contributed by atoms with E-state index in [1.807, 2.05) is 0 Å². The van der Waals surface area contributed by atoms with Crippen LogP contribution in [0.2, 0.25) is 0 Å². The van der Waals surface area contributed by atoms with Crippen LogP contribution in [0.4, 0.5) is 11.6 Å².